The maximum Gasteiger partial charge on any atom is 0.329 e. The number of hydrogen-bond donors (Lipinski definition) is 1. The minimum Gasteiger partial charge on any atom is -0.297 e. The summed E-state index contributed by atoms with van der Waals surface area (Å²) in [5, 5.41) is 0.138. The Morgan fingerprint density at radius 2 is 1.94 bits per heavy atom. The van der Waals surface area contributed by atoms with Gasteiger partial charge in [-0.05, 0) is 20.3 Å². The standard InChI is InChI=1S/C13H21ClN2O2/c1-4-5-6-7-8-9(2)16-12(17)10(3)11(14)15-13(16)18/h9H,4-8H2,1-3H3,(H,15,18). The lowest BCUT2D eigenvalue weighted by Crippen LogP contribution is -2.38. The van der Waals surface area contributed by atoms with Crippen LogP contribution in [0.15, 0.2) is 9.59 Å². The van der Waals surface area contributed by atoms with E-state index in [1.807, 2.05) is 6.92 Å². The highest BCUT2D eigenvalue weighted by molar-refractivity contribution is 6.30. The lowest BCUT2D eigenvalue weighted by molar-refractivity contribution is 0.443. The zero-order chi connectivity index (χ0) is 13.7. The fourth-order valence-corrected chi connectivity index (χ4v) is 2.17. The van der Waals surface area contributed by atoms with Gasteiger partial charge in [-0.3, -0.25) is 14.3 Å². The Balaban J connectivity index is 2.86. The molecule has 5 heteroatoms. The first-order valence-electron chi connectivity index (χ1n) is 6.50. The third-order valence-corrected chi connectivity index (χ3v) is 3.60. The van der Waals surface area contributed by atoms with Gasteiger partial charge in [0.05, 0.1) is 0 Å². The Hall–Kier alpha value is -1.03. The van der Waals surface area contributed by atoms with E-state index < -0.39 is 5.69 Å². The van der Waals surface area contributed by atoms with Crippen LogP contribution in [0.25, 0.3) is 0 Å². The Bertz CT molecular complexity index is 505. The van der Waals surface area contributed by atoms with Crippen molar-refractivity contribution in [2.24, 2.45) is 0 Å². The predicted molar refractivity (Wildman–Crippen MR) is 74.5 cm³/mol. The number of aromatic nitrogens is 2. The summed E-state index contributed by atoms with van der Waals surface area (Å²) in [5.41, 5.74) is -0.304. The van der Waals surface area contributed by atoms with Crippen molar-refractivity contribution < 1.29 is 0 Å². The zero-order valence-electron chi connectivity index (χ0n) is 11.3. The van der Waals surface area contributed by atoms with E-state index in [4.69, 9.17) is 11.6 Å². The fraction of sp³-hybridized carbons (Fsp3) is 0.692. The van der Waals surface area contributed by atoms with Gasteiger partial charge in [-0.1, -0.05) is 44.2 Å². The largest absolute Gasteiger partial charge is 0.329 e. The first-order valence-corrected chi connectivity index (χ1v) is 6.87. The van der Waals surface area contributed by atoms with Gasteiger partial charge in [0.1, 0.15) is 5.15 Å². The topological polar surface area (TPSA) is 54.9 Å². The summed E-state index contributed by atoms with van der Waals surface area (Å²) >= 11 is 5.77. The van der Waals surface area contributed by atoms with E-state index in [1.54, 1.807) is 6.92 Å². The number of nitrogens with zero attached hydrogens (tertiary/aromatic N) is 1. The van der Waals surface area contributed by atoms with Crippen LogP contribution in [-0.4, -0.2) is 9.55 Å². The lowest BCUT2D eigenvalue weighted by Gasteiger charge is -2.14. The summed E-state index contributed by atoms with van der Waals surface area (Å²) in [4.78, 5) is 26.3. The second-order valence-electron chi connectivity index (χ2n) is 4.74. The summed E-state index contributed by atoms with van der Waals surface area (Å²) in [6.45, 7) is 5.68. The van der Waals surface area contributed by atoms with Gasteiger partial charge < -0.3 is 0 Å². The summed E-state index contributed by atoms with van der Waals surface area (Å²) in [6, 6.07) is -0.0888. The third kappa shape index (κ3) is 3.48. The van der Waals surface area contributed by atoms with Gasteiger partial charge in [0.25, 0.3) is 5.56 Å². The normalized spacial score (nSPS) is 12.7. The van der Waals surface area contributed by atoms with Crippen LogP contribution in [0.5, 0.6) is 0 Å². The minimum atomic E-state index is -0.418. The number of rotatable bonds is 6. The van der Waals surface area contributed by atoms with Crippen LogP contribution in [0.3, 0.4) is 0 Å². The van der Waals surface area contributed by atoms with Crippen molar-refractivity contribution in [3.63, 3.8) is 0 Å². The fourth-order valence-electron chi connectivity index (χ4n) is 2.01. The summed E-state index contributed by atoms with van der Waals surface area (Å²) in [5.74, 6) is 0. The summed E-state index contributed by atoms with van der Waals surface area (Å²) in [6.07, 6.45) is 5.37. The van der Waals surface area contributed by atoms with Crippen LogP contribution in [-0.2, 0) is 0 Å². The Morgan fingerprint density at radius 3 is 2.56 bits per heavy atom. The molecule has 0 aliphatic heterocycles. The van der Waals surface area contributed by atoms with Crippen LogP contribution < -0.4 is 11.2 Å². The molecule has 0 amide bonds. The predicted octanol–water partition coefficient (Wildman–Crippen LogP) is 3.03. The van der Waals surface area contributed by atoms with Crippen molar-refractivity contribution in [2.75, 3.05) is 0 Å². The van der Waals surface area contributed by atoms with Gasteiger partial charge in [0, 0.05) is 11.6 Å². The summed E-state index contributed by atoms with van der Waals surface area (Å²) in [7, 11) is 0. The molecule has 1 aromatic heterocycles. The van der Waals surface area contributed by atoms with Gasteiger partial charge in [0.2, 0.25) is 0 Å². The molecule has 1 heterocycles. The molecule has 0 saturated carbocycles. The molecule has 0 spiro atoms. The zero-order valence-corrected chi connectivity index (χ0v) is 12.0. The maximum absolute atomic E-state index is 12.0. The van der Waals surface area contributed by atoms with E-state index in [-0.39, 0.29) is 16.8 Å². The van der Waals surface area contributed by atoms with Gasteiger partial charge in [0.15, 0.2) is 0 Å². The SMILES string of the molecule is CCCCCCC(C)n1c(=O)[nH]c(Cl)c(C)c1=O. The van der Waals surface area contributed by atoms with Crippen molar-refractivity contribution in [3.05, 3.63) is 31.6 Å². The molecular weight excluding hydrogens is 252 g/mol. The number of H-pyrrole nitrogens is 1. The first-order chi connectivity index (χ1) is 8.49. The van der Waals surface area contributed by atoms with Gasteiger partial charge in [-0.2, -0.15) is 0 Å². The highest BCUT2D eigenvalue weighted by Gasteiger charge is 2.14. The molecule has 0 aromatic carbocycles. The van der Waals surface area contributed by atoms with E-state index in [2.05, 4.69) is 11.9 Å². The number of aromatic amines is 1. The van der Waals surface area contributed by atoms with Crippen molar-refractivity contribution in [1.29, 1.82) is 0 Å². The minimum absolute atomic E-state index is 0.0888. The van der Waals surface area contributed by atoms with Crippen LogP contribution in [0.4, 0.5) is 0 Å². The molecule has 1 N–H and O–H groups in total. The molecule has 0 radical (unpaired) electrons. The molecular formula is C13H21ClN2O2. The molecule has 1 unspecified atom stereocenters. The molecule has 0 aliphatic rings. The second kappa shape index (κ2) is 6.78. The molecule has 1 aromatic rings. The quantitative estimate of drug-likeness (QED) is 0.639. The van der Waals surface area contributed by atoms with Crippen LogP contribution in [0, 0.1) is 6.92 Å². The van der Waals surface area contributed by atoms with Gasteiger partial charge >= 0.3 is 5.69 Å². The molecule has 0 aliphatic carbocycles. The molecule has 1 rings (SSSR count). The number of hydrogen-bond acceptors (Lipinski definition) is 2. The molecule has 1 atom stereocenters. The Kier molecular flexibility index (Phi) is 5.66. The van der Waals surface area contributed by atoms with Crippen LogP contribution in [0.2, 0.25) is 5.15 Å². The van der Waals surface area contributed by atoms with E-state index in [0.717, 1.165) is 19.3 Å². The average molecular weight is 273 g/mol. The van der Waals surface area contributed by atoms with Gasteiger partial charge in [-0.25, -0.2) is 4.79 Å². The number of unbranched alkanes of at least 4 members (excludes halogenated alkanes) is 3. The van der Waals surface area contributed by atoms with E-state index in [0.29, 0.717) is 5.56 Å². The van der Waals surface area contributed by atoms with Crippen molar-refractivity contribution in [3.8, 4) is 0 Å². The molecule has 0 saturated heterocycles. The van der Waals surface area contributed by atoms with Crippen LogP contribution in [0.1, 0.15) is 57.6 Å². The lowest BCUT2D eigenvalue weighted by atomic mass is 10.1. The molecule has 0 fully saturated rings. The molecule has 4 nitrogen and oxygen atoms in total. The first kappa shape index (κ1) is 15.0. The molecule has 0 bridgehead atoms. The highest BCUT2D eigenvalue weighted by Crippen LogP contribution is 2.13. The second-order valence-corrected chi connectivity index (χ2v) is 5.12. The Morgan fingerprint density at radius 1 is 1.28 bits per heavy atom. The maximum atomic E-state index is 12.0. The molecule has 102 valence electrons. The third-order valence-electron chi connectivity index (χ3n) is 3.22. The van der Waals surface area contributed by atoms with E-state index in [9.17, 15) is 9.59 Å². The number of nitrogens with one attached hydrogen (secondary N) is 1. The van der Waals surface area contributed by atoms with Crippen molar-refractivity contribution in [2.45, 2.75) is 58.9 Å². The summed E-state index contributed by atoms with van der Waals surface area (Å²) < 4.78 is 1.27. The van der Waals surface area contributed by atoms with Crippen LogP contribution >= 0.6 is 11.6 Å². The smallest absolute Gasteiger partial charge is 0.297 e. The monoisotopic (exact) mass is 272 g/mol. The number of halogens is 1. The van der Waals surface area contributed by atoms with Crippen molar-refractivity contribution in [1.82, 2.24) is 9.55 Å². The van der Waals surface area contributed by atoms with E-state index in [1.165, 1.54) is 17.4 Å². The highest BCUT2D eigenvalue weighted by atomic mass is 35.5. The van der Waals surface area contributed by atoms with Gasteiger partial charge in [-0.15, -0.1) is 0 Å². The van der Waals surface area contributed by atoms with Crippen molar-refractivity contribution >= 4 is 11.6 Å². The molecule has 18 heavy (non-hydrogen) atoms. The average Bonchev–Trinajstić information content (AvgIpc) is 2.32. The van der Waals surface area contributed by atoms with E-state index >= 15 is 0 Å². The Labute approximate surface area is 112 Å².